The molecule has 0 amide bonds. The highest BCUT2D eigenvalue weighted by atomic mass is 15.1. The molecule has 0 bridgehead atoms. The van der Waals surface area contributed by atoms with E-state index in [1.165, 1.54) is 38.2 Å². The molecule has 7 aromatic rings. The zero-order valence-electron chi connectivity index (χ0n) is 14.6. The van der Waals surface area contributed by atoms with Crippen LogP contribution in [0.3, 0.4) is 0 Å². The zero-order valence-corrected chi connectivity index (χ0v) is 14.6. The van der Waals surface area contributed by atoms with Crippen LogP contribution >= 0.6 is 0 Å². The van der Waals surface area contributed by atoms with Crippen molar-refractivity contribution in [2.75, 3.05) is 0 Å². The first-order chi connectivity index (χ1) is 13.3. The van der Waals surface area contributed by atoms with Gasteiger partial charge in [-0.2, -0.15) is 0 Å². The van der Waals surface area contributed by atoms with E-state index < -0.39 is 0 Å². The number of rotatable bonds is 0. The van der Waals surface area contributed by atoms with E-state index in [9.17, 15) is 0 Å². The minimum atomic E-state index is 0.984. The van der Waals surface area contributed by atoms with Crippen LogP contribution in [0.4, 0.5) is 0 Å². The van der Waals surface area contributed by atoms with Gasteiger partial charge in [0.05, 0.1) is 33.1 Å². The van der Waals surface area contributed by atoms with Gasteiger partial charge in [-0.1, -0.05) is 30.3 Å². The first-order valence-electron chi connectivity index (χ1n) is 9.10. The average molecular weight is 346 g/mol. The van der Waals surface area contributed by atoms with Gasteiger partial charge in [-0.05, 0) is 35.7 Å². The third kappa shape index (κ3) is 1.43. The van der Waals surface area contributed by atoms with Crippen LogP contribution in [0.1, 0.15) is 0 Å². The van der Waals surface area contributed by atoms with E-state index in [1.807, 2.05) is 12.3 Å². The molecule has 7 rings (SSSR count). The largest absolute Gasteiger partial charge is 0.341 e. The summed E-state index contributed by atoms with van der Waals surface area (Å²) in [6, 6.07) is 21.4. The maximum Gasteiger partial charge on any atom is 0.148 e. The lowest BCUT2D eigenvalue weighted by Gasteiger charge is -2.18. The summed E-state index contributed by atoms with van der Waals surface area (Å²) < 4.78 is 4.65. The summed E-state index contributed by atoms with van der Waals surface area (Å²) in [6.45, 7) is 0. The Morgan fingerprint density at radius 3 is 2.63 bits per heavy atom. The monoisotopic (exact) mass is 346 g/mol. The van der Waals surface area contributed by atoms with Crippen molar-refractivity contribution in [1.82, 2.24) is 18.9 Å². The average Bonchev–Trinajstić information content (AvgIpc) is 3.11. The number of hydrogen-bond acceptors (Lipinski definition) is 2. The Morgan fingerprint density at radius 2 is 1.67 bits per heavy atom. The van der Waals surface area contributed by atoms with E-state index in [0.29, 0.717) is 0 Å². The number of hydrogen-bond donors (Lipinski definition) is 0. The predicted molar refractivity (Wildman–Crippen MR) is 111 cm³/mol. The Kier molecular flexibility index (Phi) is 2.18. The van der Waals surface area contributed by atoms with E-state index in [2.05, 4.69) is 70.6 Å². The van der Waals surface area contributed by atoms with Crippen LogP contribution in [-0.2, 0) is 7.05 Å². The minimum Gasteiger partial charge on any atom is -0.341 e. The van der Waals surface area contributed by atoms with Crippen LogP contribution in [0.25, 0.3) is 60.3 Å². The SMILES string of the molecule is Cn1c2cccc3nc4c5cccnc5c5cc6ccccc6c1c5n4c32. The molecule has 0 atom stereocenters. The van der Waals surface area contributed by atoms with Crippen molar-refractivity contribution in [3.63, 3.8) is 0 Å². The van der Waals surface area contributed by atoms with Gasteiger partial charge in [0.1, 0.15) is 5.65 Å². The van der Waals surface area contributed by atoms with Crippen LogP contribution < -0.4 is 0 Å². The second kappa shape index (κ2) is 4.35. The molecule has 0 spiro atoms. The van der Waals surface area contributed by atoms with Crippen LogP contribution in [0.5, 0.6) is 0 Å². The predicted octanol–water partition coefficient (Wildman–Crippen LogP) is 5.27. The summed E-state index contributed by atoms with van der Waals surface area (Å²) in [7, 11) is 2.15. The molecule has 0 aliphatic heterocycles. The summed E-state index contributed by atoms with van der Waals surface area (Å²) in [5.41, 5.74) is 7.80. The molecule has 0 radical (unpaired) electrons. The lowest BCUT2D eigenvalue weighted by molar-refractivity contribution is 0.997. The zero-order chi connectivity index (χ0) is 17.7. The molecule has 4 nitrogen and oxygen atoms in total. The fourth-order valence-electron chi connectivity index (χ4n) is 4.76. The maximum absolute atomic E-state index is 5.00. The molecule has 4 heteroatoms. The Labute approximate surface area is 153 Å². The number of aromatic nitrogens is 4. The standard InChI is InChI=1S/C23H14N4/c1-26-18-10-4-9-17-22(18)27-21-16(12-13-6-2-3-7-14(13)20(21)26)19-15(23(27)25-17)8-5-11-24-19/h2-12H,1H3. The molecular weight excluding hydrogens is 332 g/mol. The lowest BCUT2D eigenvalue weighted by atomic mass is 10.0. The van der Waals surface area contributed by atoms with Gasteiger partial charge in [-0.3, -0.25) is 9.38 Å². The molecule has 0 saturated heterocycles. The molecule has 3 aromatic carbocycles. The minimum absolute atomic E-state index is 0.984. The molecule has 0 aliphatic rings. The molecule has 4 heterocycles. The van der Waals surface area contributed by atoms with Crippen molar-refractivity contribution in [2.24, 2.45) is 7.05 Å². The van der Waals surface area contributed by atoms with E-state index in [-0.39, 0.29) is 0 Å². The van der Waals surface area contributed by atoms with Crippen LogP contribution in [0.2, 0.25) is 0 Å². The molecule has 0 saturated carbocycles. The Hall–Kier alpha value is -3.66. The van der Waals surface area contributed by atoms with Gasteiger partial charge >= 0.3 is 0 Å². The van der Waals surface area contributed by atoms with Crippen molar-refractivity contribution in [3.8, 4) is 0 Å². The second-order valence-electron chi connectivity index (χ2n) is 7.22. The summed E-state index contributed by atoms with van der Waals surface area (Å²) in [5, 5.41) is 4.75. The number of benzene rings is 3. The van der Waals surface area contributed by atoms with Gasteiger partial charge in [-0.15, -0.1) is 0 Å². The van der Waals surface area contributed by atoms with E-state index in [4.69, 9.17) is 9.97 Å². The highest BCUT2D eigenvalue weighted by Crippen LogP contribution is 2.39. The summed E-state index contributed by atoms with van der Waals surface area (Å²) in [6.07, 6.45) is 1.87. The summed E-state index contributed by atoms with van der Waals surface area (Å²) in [5.74, 6) is 0. The third-order valence-electron chi connectivity index (χ3n) is 5.87. The number of para-hydroxylation sites is 1. The van der Waals surface area contributed by atoms with E-state index in [1.54, 1.807) is 0 Å². The van der Waals surface area contributed by atoms with Crippen molar-refractivity contribution in [1.29, 1.82) is 0 Å². The second-order valence-corrected chi connectivity index (χ2v) is 7.22. The van der Waals surface area contributed by atoms with Crippen molar-refractivity contribution in [3.05, 3.63) is 66.9 Å². The highest BCUT2D eigenvalue weighted by Gasteiger charge is 2.21. The van der Waals surface area contributed by atoms with Gasteiger partial charge < -0.3 is 4.57 Å². The van der Waals surface area contributed by atoms with Crippen LogP contribution in [-0.4, -0.2) is 18.9 Å². The molecule has 0 unspecified atom stereocenters. The fourth-order valence-corrected chi connectivity index (χ4v) is 4.76. The molecule has 4 aromatic heterocycles. The van der Waals surface area contributed by atoms with E-state index >= 15 is 0 Å². The van der Waals surface area contributed by atoms with Gasteiger partial charge in [0, 0.05) is 29.4 Å². The topological polar surface area (TPSA) is 35.1 Å². The molecule has 27 heavy (non-hydrogen) atoms. The Morgan fingerprint density at radius 1 is 0.778 bits per heavy atom. The fraction of sp³-hybridized carbons (Fsp3) is 0.0435. The van der Waals surface area contributed by atoms with Gasteiger partial charge in [0.15, 0.2) is 0 Å². The van der Waals surface area contributed by atoms with E-state index in [0.717, 1.165) is 22.1 Å². The normalized spacial score (nSPS) is 12.6. The van der Waals surface area contributed by atoms with Gasteiger partial charge in [0.25, 0.3) is 0 Å². The number of imidazole rings is 1. The molecule has 0 N–H and O–H groups in total. The van der Waals surface area contributed by atoms with Crippen LogP contribution in [0, 0.1) is 0 Å². The molecule has 126 valence electrons. The summed E-state index contributed by atoms with van der Waals surface area (Å²) in [4.78, 5) is 9.75. The van der Waals surface area contributed by atoms with Gasteiger partial charge in [0.2, 0.25) is 0 Å². The number of nitrogens with zero attached hydrogens (tertiary/aromatic N) is 4. The van der Waals surface area contributed by atoms with Crippen molar-refractivity contribution >= 4 is 60.3 Å². The number of pyridine rings is 2. The smallest absolute Gasteiger partial charge is 0.148 e. The summed E-state index contributed by atoms with van der Waals surface area (Å²) >= 11 is 0. The molecule has 0 aliphatic carbocycles. The highest BCUT2D eigenvalue weighted by molar-refractivity contribution is 6.24. The van der Waals surface area contributed by atoms with Gasteiger partial charge in [-0.25, -0.2) is 4.98 Å². The Bertz CT molecular complexity index is 1680. The lowest BCUT2D eigenvalue weighted by Crippen LogP contribution is -2.04. The Balaban J connectivity index is 2.03. The number of aryl methyl sites for hydroxylation is 1. The van der Waals surface area contributed by atoms with Crippen LogP contribution in [0.15, 0.2) is 66.9 Å². The first kappa shape index (κ1) is 13.5. The maximum atomic E-state index is 5.00. The molecule has 0 fully saturated rings. The molecular formula is C23H14N4. The third-order valence-corrected chi connectivity index (χ3v) is 5.87. The first-order valence-corrected chi connectivity index (χ1v) is 9.10. The van der Waals surface area contributed by atoms with Crippen molar-refractivity contribution in [2.45, 2.75) is 0 Å². The quantitative estimate of drug-likeness (QED) is 0.277. The number of fused-ring (bicyclic) bond motifs is 5. The van der Waals surface area contributed by atoms with Crippen molar-refractivity contribution < 1.29 is 0 Å².